The second-order valence-corrected chi connectivity index (χ2v) is 4.44. The van der Waals surface area contributed by atoms with Crippen molar-refractivity contribution in [1.29, 1.82) is 0 Å². The predicted molar refractivity (Wildman–Crippen MR) is 63.2 cm³/mol. The molecule has 2 rings (SSSR count). The molecule has 2 N–H and O–H groups in total. The van der Waals surface area contributed by atoms with Crippen LogP contribution < -0.4 is 4.90 Å². The molecule has 2 heterocycles. The van der Waals surface area contributed by atoms with Crippen molar-refractivity contribution >= 4 is 11.7 Å². The number of aliphatic hydroxyl groups excluding tert-OH is 1. The van der Waals surface area contributed by atoms with Crippen molar-refractivity contribution in [1.82, 2.24) is 4.98 Å². The van der Waals surface area contributed by atoms with Gasteiger partial charge in [-0.25, -0.2) is 9.78 Å². The Labute approximate surface area is 99.7 Å². The second kappa shape index (κ2) is 4.71. The third-order valence-electron chi connectivity index (χ3n) is 3.24. The van der Waals surface area contributed by atoms with E-state index in [0.29, 0.717) is 0 Å². The number of aromatic carboxylic acids is 1. The minimum absolute atomic E-state index is 0.0556. The highest BCUT2D eigenvalue weighted by Crippen LogP contribution is 2.25. The number of hydrogen-bond donors (Lipinski definition) is 2. The molecule has 1 aliphatic rings. The van der Waals surface area contributed by atoms with Gasteiger partial charge >= 0.3 is 5.97 Å². The highest BCUT2D eigenvalue weighted by molar-refractivity contribution is 5.85. The molecule has 1 aliphatic heterocycles. The van der Waals surface area contributed by atoms with Crippen LogP contribution in [0.15, 0.2) is 18.3 Å². The first kappa shape index (κ1) is 11.9. The number of nitrogens with zero attached hydrogens (tertiary/aromatic N) is 2. The van der Waals surface area contributed by atoms with Crippen molar-refractivity contribution in [2.45, 2.75) is 19.4 Å². The van der Waals surface area contributed by atoms with Crippen molar-refractivity contribution in [3.05, 3.63) is 24.0 Å². The molecule has 1 aromatic heterocycles. The summed E-state index contributed by atoms with van der Waals surface area (Å²) in [6.07, 6.45) is 2.23. The summed E-state index contributed by atoms with van der Waals surface area (Å²) in [6, 6.07) is 3.27. The molecule has 0 radical (unpaired) electrons. The van der Waals surface area contributed by atoms with Crippen LogP contribution in [0.1, 0.15) is 23.8 Å². The van der Waals surface area contributed by atoms with Crippen LogP contribution in [0.5, 0.6) is 0 Å². The maximum absolute atomic E-state index is 10.7. The Bertz CT molecular complexity index is 403. The Morgan fingerprint density at radius 2 is 2.35 bits per heavy atom. The second-order valence-electron chi connectivity index (χ2n) is 4.44. The highest BCUT2D eigenvalue weighted by atomic mass is 16.4. The summed E-state index contributed by atoms with van der Waals surface area (Å²) in [5, 5.41) is 18.3. The van der Waals surface area contributed by atoms with Gasteiger partial charge in [-0.2, -0.15) is 0 Å². The fraction of sp³-hybridized carbons (Fsp3) is 0.500. The first-order valence-electron chi connectivity index (χ1n) is 5.70. The average Bonchev–Trinajstić information content (AvgIpc) is 2.78. The molecule has 5 nitrogen and oxygen atoms in total. The molecular weight excluding hydrogens is 220 g/mol. The molecule has 2 atom stereocenters. The van der Waals surface area contributed by atoms with Gasteiger partial charge < -0.3 is 15.1 Å². The minimum Gasteiger partial charge on any atom is -0.477 e. The predicted octanol–water partition coefficient (Wildman–Crippen LogP) is 0.987. The topological polar surface area (TPSA) is 73.7 Å². The number of aliphatic hydroxyl groups is 1. The van der Waals surface area contributed by atoms with Gasteiger partial charge in [0, 0.05) is 19.0 Å². The normalized spacial score (nSPS) is 21.5. The fourth-order valence-electron chi connectivity index (χ4n) is 2.12. The number of anilines is 1. The van der Waals surface area contributed by atoms with E-state index in [2.05, 4.69) is 9.88 Å². The Morgan fingerprint density at radius 1 is 1.59 bits per heavy atom. The van der Waals surface area contributed by atoms with Crippen LogP contribution in [-0.2, 0) is 0 Å². The smallest absolute Gasteiger partial charge is 0.354 e. The van der Waals surface area contributed by atoms with Crippen LogP contribution in [0.3, 0.4) is 0 Å². The summed E-state index contributed by atoms with van der Waals surface area (Å²) >= 11 is 0. The molecule has 0 aliphatic carbocycles. The van der Waals surface area contributed by atoms with Crippen molar-refractivity contribution in [2.24, 2.45) is 5.92 Å². The third-order valence-corrected chi connectivity index (χ3v) is 3.24. The van der Waals surface area contributed by atoms with E-state index >= 15 is 0 Å². The first-order valence-corrected chi connectivity index (χ1v) is 5.70. The number of hydrogen-bond acceptors (Lipinski definition) is 4. The van der Waals surface area contributed by atoms with E-state index < -0.39 is 5.97 Å². The van der Waals surface area contributed by atoms with Crippen LogP contribution in [0, 0.1) is 5.92 Å². The van der Waals surface area contributed by atoms with Gasteiger partial charge in [0.15, 0.2) is 0 Å². The quantitative estimate of drug-likeness (QED) is 0.818. The number of carboxylic acid groups (broad SMARTS) is 1. The van der Waals surface area contributed by atoms with Gasteiger partial charge in [0.1, 0.15) is 5.69 Å². The van der Waals surface area contributed by atoms with Gasteiger partial charge in [-0.05, 0) is 25.5 Å². The zero-order chi connectivity index (χ0) is 12.4. The summed E-state index contributed by atoms with van der Waals surface area (Å²) in [4.78, 5) is 16.7. The molecule has 2 unspecified atom stereocenters. The Morgan fingerprint density at radius 3 is 2.82 bits per heavy atom. The fourth-order valence-corrected chi connectivity index (χ4v) is 2.12. The van der Waals surface area contributed by atoms with Crippen LogP contribution in [0.2, 0.25) is 0 Å². The summed E-state index contributed by atoms with van der Waals surface area (Å²) in [6.45, 7) is 3.48. The van der Waals surface area contributed by atoms with Gasteiger partial charge in [-0.15, -0.1) is 0 Å². The van der Waals surface area contributed by atoms with E-state index in [9.17, 15) is 9.90 Å². The molecule has 17 heavy (non-hydrogen) atoms. The molecule has 0 bridgehead atoms. The monoisotopic (exact) mass is 236 g/mol. The summed E-state index contributed by atoms with van der Waals surface area (Å²) in [5.74, 6) is -0.728. The third kappa shape index (κ3) is 2.55. The van der Waals surface area contributed by atoms with Gasteiger partial charge in [0.05, 0.1) is 18.0 Å². The Balaban J connectivity index is 2.06. The highest BCUT2D eigenvalue weighted by Gasteiger charge is 2.26. The SMILES string of the molecule is CC(O)C1CCN(c2ccc(C(=O)O)nc2)C1. The lowest BCUT2D eigenvalue weighted by atomic mass is 10.0. The lowest BCUT2D eigenvalue weighted by Crippen LogP contribution is -2.24. The molecule has 1 aromatic rings. The van der Waals surface area contributed by atoms with Gasteiger partial charge in [-0.1, -0.05) is 0 Å². The number of carboxylic acids is 1. The van der Waals surface area contributed by atoms with Gasteiger partial charge in [-0.3, -0.25) is 0 Å². The largest absolute Gasteiger partial charge is 0.477 e. The molecule has 1 saturated heterocycles. The van der Waals surface area contributed by atoms with Crippen LogP contribution >= 0.6 is 0 Å². The zero-order valence-corrected chi connectivity index (χ0v) is 9.71. The molecule has 0 saturated carbocycles. The van der Waals surface area contributed by atoms with E-state index in [1.807, 2.05) is 0 Å². The van der Waals surface area contributed by atoms with Crippen LogP contribution in [-0.4, -0.2) is 40.4 Å². The van der Waals surface area contributed by atoms with E-state index in [1.54, 1.807) is 19.2 Å². The number of rotatable bonds is 3. The summed E-state index contributed by atoms with van der Waals surface area (Å²) < 4.78 is 0. The van der Waals surface area contributed by atoms with Crippen LogP contribution in [0.4, 0.5) is 5.69 Å². The van der Waals surface area contributed by atoms with E-state index in [-0.39, 0.29) is 17.7 Å². The summed E-state index contributed by atoms with van der Waals surface area (Å²) in [5.41, 5.74) is 0.971. The molecule has 0 aromatic carbocycles. The first-order chi connectivity index (χ1) is 8.08. The van der Waals surface area contributed by atoms with Crippen molar-refractivity contribution < 1.29 is 15.0 Å². The van der Waals surface area contributed by atoms with E-state index in [0.717, 1.165) is 25.2 Å². The maximum atomic E-state index is 10.7. The van der Waals surface area contributed by atoms with Crippen LogP contribution in [0.25, 0.3) is 0 Å². The number of carbonyl (C=O) groups is 1. The van der Waals surface area contributed by atoms with E-state index in [1.165, 1.54) is 6.07 Å². The van der Waals surface area contributed by atoms with Gasteiger partial charge in [0.2, 0.25) is 0 Å². The lowest BCUT2D eigenvalue weighted by Gasteiger charge is -2.19. The molecular formula is C12H16N2O3. The molecule has 1 fully saturated rings. The molecule has 92 valence electrons. The maximum Gasteiger partial charge on any atom is 0.354 e. The minimum atomic E-state index is -1.01. The molecule has 5 heteroatoms. The summed E-state index contributed by atoms with van der Waals surface area (Å²) in [7, 11) is 0. The number of aromatic nitrogens is 1. The van der Waals surface area contributed by atoms with Crippen molar-refractivity contribution in [2.75, 3.05) is 18.0 Å². The standard InChI is InChI=1S/C12H16N2O3/c1-8(15)9-4-5-14(7-9)10-2-3-11(12(16)17)13-6-10/h2-3,6,8-9,15H,4-5,7H2,1H3,(H,16,17). The van der Waals surface area contributed by atoms with Crippen molar-refractivity contribution in [3.63, 3.8) is 0 Å². The Kier molecular flexibility index (Phi) is 3.28. The number of pyridine rings is 1. The van der Waals surface area contributed by atoms with Crippen molar-refractivity contribution in [3.8, 4) is 0 Å². The molecule has 0 amide bonds. The zero-order valence-electron chi connectivity index (χ0n) is 9.71. The van der Waals surface area contributed by atoms with E-state index in [4.69, 9.17) is 5.11 Å². The average molecular weight is 236 g/mol. The van der Waals surface area contributed by atoms with Gasteiger partial charge in [0.25, 0.3) is 0 Å². The Hall–Kier alpha value is -1.62. The molecule has 0 spiro atoms. The lowest BCUT2D eigenvalue weighted by molar-refractivity contribution is 0.0690.